The first-order chi connectivity index (χ1) is 15.8. The third kappa shape index (κ3) is 2.31. The molecule has 2 aromatic carbocycles. The Hall–Kier alpha value is -3.66. The summed E-state index contributed by atoms with van der Waals surface area (Å²) < 4.78 is 14.3. The van der Waals surface area contributed by atoms with Gasteiger partial charge in [0, 0.05) is 29.4 Å². The number of benzene rings is 2. The third-order valence-electron chi connectivity index (χ3n) is 7.60. The van der Waals surface area contributed by atoms with Gasteiger partial charge in [0.05, 0.1) is 22.4 Å². The van der Waals surface area contributed by atoms with Gasteiger partial charge in [-0.15, -0.1) is 0 Å². The van der Waals surface area contributed by atoms with Crippen LogP contribution in [-0.4, -0.2) is 40.1 Å². The van der Waals surface area contributed by atoms with Crippen molar-refractivity contribution in [1.29, 1.82) is 0 Å². The maximum Gasteiger partial charge on any atom is 0.271 e. The van der Waals surface area contributed by atoms with Crippen LogP contribution in [-0.2, 0) is 19.9 Å². The van der Waals surface area contributed by atoms with Gasteiger partial charge in [-0.2, -0.15) is 0 Å². The number of amides is 3. The highest BCUT2D eigenvalue weighted by molar-refractivity contribution is 6.26. The lowest BCUT2D eigenvalue weighted by Gasteiger charge is -2.36. The Morgan fingerprint density at radius 2 is 1.94 bits per heavy atom. The number of carbonyl (C=O) groups is 3. The number of nitrogens with zero attached hydrogens (tertiary/aromatic N) is 3. The van der Waals surface area contributed by atoms with Gasteiger partial charge in [0.15, 0.2) is 0 Å². The van der Waals surface area contributed by atoms with Crippen LogP contribution < -0.4 is 10.2 Å². The Labute approximate surface area is 187 Å². The number of halogens is 1. The molecule has 4 atom stereocenters. The van der Waals surface area contributed by atoms with Gasteiger partial charge >= 0.3 is 0 Å². The molecule has 9 nitrogen and oxygen atoms in total. The maximum atomic E-state index is 14.3. The fourth-order valence-corrected chi connectivity index (χ4v) is 6.36. The second-order valence-electron chi connectivity index (χ2n) is 9.06. The molecule has 10 heteroatoms. The maximum absolute atomic E-state index is 14.3. The van der Waals surface area contributed by atoms with E-state index in [0.717, 1.165) is 11.3 Å². The Kier molecular flexibility index (Phi) is 3.90. The molecule has 1 N–H and O–H groups in total. The topological polar surface area (TPSA) is 113 Å². The smallest absolute Gasteiger partial charge is 0.271 e. The van der Waals surface area contributed by atoms with E-state index in [1.165, 1.54) is 36.4 Å². The number of anilines is 2. The highest BCUT2D eigenvalue weighted by atomic mass is 19.1. The van der Waals surface area contributed by atoms with Gasteiger partial charge < -0.3 is 5.32 Å². The van der Waals surface area contributed by atoms with Crippen LogP contribution in [0.15, 0.2) is 36.4 Å². The summed E-state index contributed by atoms with van der Waals surface area (Å²) in [4.78, 5) is 54.8. The minimum atomic E-state index is -1.49. The first kappa shape index (κ1) is 20.0. The Morgan fingerprint density at radius 3 is 2.70 bits per heavy atom. The van der Waals surface area contributed by atoms with Gasteiger partial charge in [0.2, 0.25) is 17.7 Å². The van der Waals surface area contributed by atoms with Crippen LogP contribution in [0.1, 0.15) is 24.0 Å². The number of non-ortho nitro benzene ring substituents is 1. The molecule has 0 unspecified atom stereocenters. The van der Waals surface area contributed by atoms with Crippen LogP contribution in [0, 0.1) is 34.7 Å². The normalized spacial score (nSPS) is 30.1. The number of hydrogen-bond donors (Lipinski definition) is 1. The van der Waals surface area contributed by atoms with Crippen LogP contribution in [0.4, 0.5) is 21.5 Å². The van der Waals surface area contributed by atoms with Crippen molar-refractivity contribution in [2.24, 2.45) is 11.8 Å². The molecular weight excluding hydrogens is 431 g/mol. The van der Waals surface area contributed by atoms with Gasteiger partial charge in [-0.05, 0) is 50.1 Å². The van der Waals surface area contributed by atoms with Crippen LogP contribution in [0.3, 0.4) is 0 Å². The summed E-state index contributed by atoms with van der Waals surface area (Å²) in [5, 5.41) is 14.1. The zero-order valence-electron chi connectivity index (χ0n) is 17.6. The second kappa shape index (κ2) is 6.44. The summed E-state index contributed by atoms with van der Waals surface area (Å²) in [5.41, 5.74) is -0.257. The van der Waals surface area contributed by atoms with Gasteiger partial charge in [0.1, 0.15) is 11.4 Å². The van der Waals surface area contributed by atoms with E-state index in [4.69, 9.17) is 0 Å². The summed E-state index contributed by atoms with van der Waals surface area (Å²) in [6.07, 6.45) is 1.37. The highest BCUT2D eigenvalue weighted by Gasteiger charge is 2.74. The number of nitro groups is 1. The van der Waals surface area contributed by atoms with Crippen molar-refractivity contribution >= 4 is 34.8 Å². The first-order valence-corrected chi connectivity index (χ1v) is 10.8. The van der Waals surface area contributed by atoms with Crippen molar-refractivity contribution in [3.63, 3.8) is 0 Å². The lowest BCUT2D eigenvalue weighted by molar-refractivity contribution is -0.384. The van der Waals surface area contributed by atoms with Gasteiger partial charge in [-0.1, -0.05) is 6.07 Å². The van der Waals surface area contributed by atoms with Crippen molar-refractivity contribution in [3.05, 3.63) is 63.5 Å². The standard InChI is InChI=1S/C23H19FN4O5/c1-11-4-6-13(28(32)33)10-17(11)27-20(29)18-16-3-2-8-26(16)23(19(18)21(27)30)14-9-12(24)5-7-15(14)25-22(23)31/h4-7,9-10,16,18-19H,2-3,8H2,1H3,(H,25,31)/t16-,18+,19+,23-/m0/s1. The van der Waals surface area contributed by atoms with E-state index in [1.54, 1.807) is 6.92 Å². The zero-order chi connectivity index (χ0) is 23.2. The number of rotatable bonds is 2. The quantitative estimate of drug-likeness (QED) is 0.427. The monoisotopic (exact) mass is 450 g/mol. The molecule has 0 aliphatic carbocycles. The van der Waals surface area contributed by atoms with Crippen LogP contribution >= 0.6 is 0 Å². The molecule has 3 fully saturated rings. The van der Waals surface area contributed by atoms with E-state index in [9.17, 15) is 28.9 Å². The molecule has 3 saturated heterocycles. The third-order valence-corrected chi connectivity index (χ3v) is 7.60. The summed E-state index contributed by atoms with van der Waals surface area (Å²) in [6, 6.07) is 7.65. The van der Waals surface area contributed by atoms with E-state index in [0.29, 0.717) is 29.8 Å². The molecule has 0 radical (unpaired) electrons. The van der Waals surface area contributed by atoms with Crippen molar-refractivity contribution < 1.29 is 23.7 Å². The molecule has 6 rings (SSSR count). The van der Waals surface area contributed by atoms with Gasteiger partial charge in [-0.3, -0.25) is 29.4 Å². The van der Waals surface area contributed by atoms with E-state index in [1.807, 2.05) is 4.90 Å². The van der Waals surface area contributed by atoms with Crippen LogP contribution in [0.2, 0.25) is 0 Å². The Morgan fingerprint density at radius 1 is 1.15 bits per heavy atom. The number of imide groups is 1. The van der Waals surface area contributed by atoms with Crippen molar-refractivity contribution in [2.45, 2.75) is 31.3 Å². The fourth-order valence-electron chi connectivity index (χ4n) is 6.36. The molecule has 1 spiro atoms. The molecule has 0 aromatic heterocycles. The molecule has 0 bridgehead atoms. The minimum absolute atomic E-state index is 0.145. The highest BCUT2D eigenvalue weighted by Crippen LogP contribution is 2.60. The average molecular weight is 450 g/mol. The van der Waals surface area contributed by atoms with Gasteiger partial charge in [0.25, 0.3) is 5.69 Å². The lowest BCUT2D eigenvalue weighted by atomic mass is 9.75. The summed E-state index contributed by atoms with van der Waals surface area (Å²) in [6.45, 7) is 2.18. The summed E-state index contributed by atoms with van der Waals surface area (Å²) >= 11 is 0. The molecule has 4 heterocycles. The molecule has 4 aliphatic rings. The predicted octanol–water partition coefficient (Wildman–Crippen LogP) is 2.47. The number of aryl methyl sites for hydroxylation is 1. The predicted molar refractivity (Wildman–Crippen MR) is 114 cm³/mol. The fraction of sp³-hybridized carbons (Fsp3) is 0.348. The van der Waals surface area contributed by atoms with E-state index in [2.05, 4.69) is 5.32 Å². The van der Waals surface area contributed by atoms with E-state index in [-0.39, 0.29) is 17.4 Å². The number of carbonyl (C=O) groups excluding carboxylic acids is 3. The van der Waals surface area contributed by atoms with Gasteiger partial charge in [-0.25, -0.2) is 9.29 Å². The first-order valence-electron chi connectivity index (χ1n) is 10.8. The lowest BCUT2D eigenvalue weighted by Crippen LogP contribution is -2.54. The Bertz CT molecular complexity index is 1300. The summed E-state index contributed by atoms with van der Waals surface area (Å²) in [7, 11) is 0. The minimum Gasteiger partial charge on any atom is -0.324 e. The number of nitrogens with one attached hydrogen (secondary N) is 1. The molecule has 4 aliphatic heterocycles. The largest absolute Gasteiger partial charge is 0.324 e. The van der Waals surface area contributed by atoms with Crippen molar-refractivity contribution in [1.82, 2.24) is 4.90 Å². The molecule has 3 amide bonds. The number of nitro benzene ring substituents is 1. The zero-order valence-corrected chi connectivity index (χ0v) is 17.6. The average Bonchev–Trinajstić information content (AvgIpc) is 3.47. The SMILES string of the molecule is Cc1ccc([N+](=O)[O-])cc1N1C(=O)[C@@H]2[C@@H]3CCCN3[C@]3(C(=O)Nc4ccc(F)cc43)[C@H]2C1=O. The number of hydrogen-bond acceptors (Lipinski definition) is 6. The molecule has 168 valence electrons. The Balaban J connectivity index is 1.56. The van der Waals surface area contributed by atoms with E-state index >= 15 is 0 Å². The molecule has 0 saturated carbocycles. The van der Waals surface area contributed by atoms with Crippen LogP contribution in [0.5, 0.6) is 0 Å². The molecule has 2 aromatic rings. The van der Waals surface area contributed by atoms with Crippen LogP contribution in [0.25, 0.3) is 0 Å². The number of fused-ring (bicyclic) bond motifs is 7. The summed E-state index contributed by atoms with van der Waals surface area (Å²) in [5.74, 6) is -3.88. The second-order valence-corrected chi connectivity index (χ2v) is 9.06. The van der Waals surface area contributed by atoms with E-state index < -0.39 is 45.8 Å². The van der Waals surface area contributed by atoms with Crippen molar-refractivity contribution in [2.75, 3.05) is 16.8 Å². The molecular formula is C23H19FN4O5. The molecule has 33 heavy (non-hydrogen) atoms. The van der Waals surface area contributed by atoms with Crippen molar-refractivity contribution in [3.8, 4) is 0 Å².